The third-order valence-electron chi connectivity index (χ3n) is 4.51. The molecule has 4 nitrogen and oxygen atoms in total. The third-order valence-corrected chi connectivity index (χ3v) is 4.51. The lowest BCUT2D eigenvalue weighted by atomic mass is 9.78. The zero-order valence-corrected chi connectivity index (χ0v) is 13.3. The van der Waals surface area contributed by atoms with Gasteiger partial charge in [0.05, 0.1) is 11.9 Å². The van der Waals surface area contributed by atoms with Gasteiger partial charge in [0.1, 0.15) is 5.82 Å². The lowest BCUT2D eigenvalue weighted by molar-refractivity contribution is 0.237. The van der Waals surface area contributed by atoms with Crippen LogP contribution in [0.4, 0.5) is 5.82 Å². The molecule has 0 saturated carbocycles. The molecule has 2 rings (SSSR count). The van der Waals surface area contributed by atoms with Crippen molar-refractivity contribution in [3.05, 3.63) is 18.1 Å². The monoisotopic (exact) mass is 276 g/mol. The lowest BCUT2D eigenvalue weighted by Crippen LogP contribution is -2.39. The minimum Gasteiger partial charge on any atom is -0.355 e. The van der Waals surface area contributed by atoms with E-state index in [9.17, 15) is 0 Å². The Kier molecular flexibility index (Phi) is 4.97. The van der Waals surface area contributed by atoms with Crippen LogP contribution in [0.25, 0.3) is 0 Å². The number of nitrogens with zero attached hydrogens (tertiary/aromatic N) is 3. The van der Waals surface area contributed by atoms with Crippen LogP contribution in [0.2, 0.25) is 0 Å². The highest BCUT2D eigenvalue weighted by atomic mass is 15.2. The Morgan fingerprint density at radius 2 is 2.00 bits per heavy atom. The van der Waals surface area contributed by atoms with E-state index in [0.29, 0.717) is 11.5 Å². The van der Waals surface area contributed by atoms with Crippen LogP contribution in [0.5, 0.6) is 0 Å². The van der Waals surface area contributed by atoms with Crippen LogP contribution in [0, 0.1) is 5.41 Å². The van der Waals surface area contributed by atoms with Gasteiger partial charge in [0.15, 0.2) is 0 Å². The molecule has 0 radical (unpaired) electrons. The number of piperidine rings is 1. The molecule has 1 aliphatic heterocycles. The number of nitrogens with one attached hydrogen (secondary N) is 1. The van der Waals surface area contributed by atoms with Gasteiger partial charge in [0.25, 0.3) is 0 Å². The number of hydrogen-bond donors (Lipinski definition) is 1. The summed E-state index contributed by atoms with van der Waals surface area (Å²) in [6.07, 6.45) is 7.52. The summed E-state index contributed by atoms with van der Waals surface area (Å²) in [6, 6.07) is 0.473. The number of hydrogen-bond acceptors (Lipinski definition) is 4. The van der Waals surface area contributed by atoms with Crippen LogP contribution in [0.1, 0.15) is 52.7 Å². The second-order valence-corrected chi connectivity index (χ2v) is 6.56. The molecular weight excluding hydrogens is 248 g/mol. The molecule has 1 fully saturated rings. The first-order chi connectivity index (χ1) is 9.52. The molecule has 1 aromatic rings. The fourth-order valence-corrected chi connectivity index (χ4v) is 2.57. The average molecular weight is 276 g/mol. The van der Waals surface area contributed by atoms with Crippen LogP contribution in [0.3, 0.4) is 0 Å². The molecule has 20 heavy (non-hydrogen) atoms. The molecule has 112 valence electrons. The smallest absolute Gasteiger partial charge is 0.147 e. The Morgan fingerprint density at radius 1 is 1.30 bits per heavy atom. The van der Waals surface area contributed by atoms with Crippen molar-refractivity contribution in [2.75, 3.05) is 18.0 Å². The van der Waals surface area contributed by atoms with Crippen molar-refractivity contribution in [3.63, 3.8) is 0 Å². The van der Waals surface area contributed by atoms with Crippen molar-refractivity contribution >= 4 is 5.82 Å². The first-order valence-electron chi connectivity index (χ1n) is 7.82. The Morgan fingerprint density at radius 3 is 2.60 bits per heavy atom. The SMILES string of the molecule is CCC1(C)CCN(c2cncc(CNC(C)C)n2)CC1. The van der Waals surface area contributed by atoms with Gasteiger partial charge in [0, 0.05) is 31.9 Å². The van der Waals surface area contributed by atoms with Crippen LogP contribution in [-0.2, 0) is 6.54 Å². The van der Waals surface area contributed by atoms with Gasteiger partial charge in [-0.25, -0.2) is 4.98 Å². The van der Waals surface area contributed by atoms with Gasteiger partial charge in [-0.2, -0.15) is 0 Å². The standard InChI is InChI=1S/C16H28N4/c1-5-16(4)6-8-20(9-7-16)15-12-17-10-14(19-15)11-18-13(2)3/h10,12-13,18H,5-9,11H2,1-4H3. The molecule has 0 unspecified atom stereocenters. The van der Waals surface area contributed by atoms with Crippen molar-refractivity contribution in [3.8, 4) is 0 Å². The molecule has 0 aromatic carbocycles. The van der Waals surface area contributed by atoms with E-state index in [4.69, 9.17) is 4.98 Å². The van der Waals surface area contributed by atoms with Gasteiger partial charge in [-0.05, 0) is 18.3 Å². The molecular formula is C16H28N4. The van der Waals surface area contributed by atoms with Crippen LogP contribution >= 0.6 is 0 Å². The first kappa shape index (κ1) is 15.2. The minimum absolute atomic E-state index is 0.473. The molecule has 0 atom stereocenters. The Balaban J connectivity index is 1.98. The molecule has 2 heterocycles. The molecule has 1 saturated heterocycles. The summed E-state index contributed by atoms with van der Waals surface area (Å²) in [5, 5.41) is 3.39. The van der Waals surface area contributed by atoms with E-state index < -0.39 is 0 Å². The quantitative estimate of drug-likeness (QED) is 0.897. The maximum Gasteiger partial charge on any atom is 0.147 e. The normalized spacial score (nSPS) is 18.6. The molecule has 0 aliphatic carbocycles. The predicted octanol–water partition coefficient (Wildman–Crippen LogP) is 2.99. The summed E-state index contributed by atoms with van der Waals surface area (Å²) in [5.41, 5.74) is 1.54. The van der Waals surface area contributed by atoms with Gasteiger partial charge in [-0.1, -0.05) is 34.1 Å². The summed E-state index contributed by atoms with van der Waals surface area (Å²) >= 11 is 0. The second kappa shape index (κ2) is 6.53. The molecule has 0 spiro atoms. The molecule has 1 aromatic heterocycles. The summed E-state index contributed by atoms with van der Waals surface area (Å²) in [7, 11) is 0. The van der Waals surface area contributed by atoms with Gasteiger partial charge < -0.3 is 10.2 Å². The van der Waals surface area contributed by atoms with Crippen LogP contribution in [-0.4, -0.2) is 29.1 Å². The maximum atomic E-state index is 4.74. The van der Waals surface area contributed by atoms with Crippen molar-refractivity contribution in [1.82, 2.24) is 15.3 Å². The summed E-state index contributed by atoms with van der Waals surface area (Å²) in [4.78, 5) is 11.5. The van der Waals surface area contributed by atoms with Gasteiger partial charge in [-0.15, -0.1) is 0 Å². The van der Waals surface area contributed by atoms with E-state index in [1.807, 2.05) is 12.4 Å². The van der Waals surface area contributed by atoms with Crippen molar-refractivity contribution < 1.29 is 0 Å². The van der Waals surface area contributed by atoms with E-state index in [1.54, 1.807) is 0 Å². The summed E-state index contributed by atoms with van der Waals surface area (Å²) < 4.78 is 0. The number of anilines is 1. The highest BCUT2D eigenvalue weighted by Gasteiger charge is 2.28. The molecule has 1 N–H and O–H groups in total. The zero-order valence-electron chi connectivity index (χ0n) is 13.3. The van der Waals surface area contributed by atoms with Crippen LogP contribution < -0.4 is 10.2 Å². The van der Waals surface area contributed by atoms with E-state index in [1.165, 1.54) is 19.3 Å². The number of rotatable bonds is 5. The first-order valence-corrected chi connectivity index (χ1v) is 7.82. The fourth-order valence-electron chi connectivity index (χ4n) is 2.57. The van der Waals surface area contributed by atoms with Gasteiger partial charge in [0.2, 0.25) is 0 Å². The molecule has 0 bridgehead atoms. The topological polar surface area (TPSA) is 41.1 Å². The van der Waals surface area contributed by atoms with Crippen molar-refractivity contribution in [2.24, 2.45) is 5.41 Å². The van der Waals surface area contributed by atoms with E-state index in [2.05, 4.69) is 42.9 Å². The second-order valence-electron chi connectivity index (χ2n) is 6.56. The average Bonchev–Trinajstić information content (AvgIpc) is 2.46. The number of aromatic nitrogens is 2. The Bertz CT molecular complexity index is 422. The van der Waals surface area contributed by atoms with E-state index in [-0.39, 0.29) is 0 Å². The molecule has 1 aliphatic rings. The van der Waals surface area contributed by atoms with Crippen molar-refractivity contribution in [2.45, 2.75) is 59.5 Å². The highest BCUT2D eigenvalue weighted by Crippen LogP contribution is 2.34. The Hall–Kier alpha value is -1.16. The summed E-state index contributed by atoms with van der Waals surface area (Å²) in [6.45, 7) is 12.0. The predicted molar refractivity (Wildman–Crippen MR) is 83.9 cm³/mol. The van der Waals surface area contributed by atoms with Crippen LogP contribution in [0.15, 0.2) is 12.4 Å². The minimum atomic E-state index is 0.473. The van der Waals surface area contributed by atoms with Gasteiger partial charge in [-0.3, -0.25) is 4.98 Å². The molecule has 0 amide bonds. The largest absolute Gasteiger partial charge is 0.355 e. The van der Waals surface area contributed by atoms with E-state index in [0.717, 1.165) is 31.1 Å². The van der Waals surface area contributed by atoms with Gasteiger partial charge >= 0.3 is 0 Å². The maximum absolute atomic E-state index is 4.74. The lowest BCUT2D eigenvalue weighted by Gasteiger charge is -2.39. The summed E-state index contributed by atoms with van der Waals surface area (Å²) in [5.74, 6) is 1.03. The Labute approximate surface area is 123 Å². The highest BCUT2D eigenvalue weighted by molar-refractivity contribution is 5.37. The van der Waals surface area contributed by atoms with Crippen molar-refractivity contribution in [1.29, 1.82) is 0 Å². The zero-order chi connectivity index (χ0) is 14.6. The molecule has 4 heteroatoms. The van der Waals surface area contributed by atoms with E-state index >= 15 is 0 Å². The fraction of sp³-hybridized carbons (Fsp3) is 0.750. The third kappa shape index (κ3) is 3.92.